The van der Waals surface area contributed by atoms with E-state index in [2.05, 4.69) is 6.58 Å². The van der Waals surface area contributed by atoms with Crippen LogP contribution in [0.2, 0.25) is 0 Å². The summed E-state index contributed by atoms with van der Waals surface area (Å²) in [7, 11) is 0. The fourth-order valence-corrected chi connectivity index (χ4v) is 0.957. The molecule has 0 amide bonds. The molecule has 1 atom stereocenters. The van der Waals surface area contributed by atoms with E-state index in [4.69, 9.17) is 5.73 Å². The van der Waals surface area contributed by atoms with Gasteiger partial charge in [0.1, 0.15) is 5.78 Å². The minimum Gasteiger partial charge on any atom is -0.328 e. The highest BCUT2D eigenvalue weighted by Crippen LogP contribution is 2.02. The second-order valence-electron chi connectivity index (χ2n) is 3.24. The van der Waals surface area contributed by atoms with Gasteiger partial charge in [0, 0.05) is 18.9 Å². The summed E-state index contributed by atoms with van der Waals surface area (Å²) in [4.78, 5) is 11.1. The monoisotopic (exact) mass is 169 g/mol. The van der Waals surface area contributed by atoms with E-state index in [-0.39, 0.29) is 6.04 Å². The topological polar surface area (TPSA) is 43.1 Å². The van der Waals surface area contributed by atoms with Gasteiger partial charge in [-0.15, -0.1) is 6.58 Å². The van der Waals surface area contributed by atoms with Crippen molar-refractivity contribution in [3.8, 4) is 0 Å². The molecule has 0 spiro atoms. The van der Waals surface area contributed by atoms with E-state index < -0.39 is 0 Å². The number of Topliss-reactive ketones (excluding diaryl/α,β-unsaturated/α-hetero) is 1. The summed E-state index contributed by atoms with van der Waals surface area (Å²) in [5.41, 5.74) is 5.53. The standard InChI is InChI=1S/C10H19NO/c1-3-4-5-6-10(12)8-7-9(2)11/h3,9H,1,4-8,11H2,2H3. The first kappa shape index (κ1) is 11.4. The van der Waals surface area contributed by atoms with Crippen molar-refractivity contribution in [2.45, 2.75) is 45.1 Å². The molecule has 0 aliphatic rings. The molecule has 70 valence electrons. The van der Waals surface area contributed by atoms with Crippen molar-refractivity contribution in [1.82, 2.24) is 0 Å². The maximum absolute atomic E-state index is 11.1. The Morgan fingerprint density at radius 1 is 1.58 bits per heavy atom. The van der Waals surface area contributed by atoms with E-state index in [1.807, 2.05) is 13.0 Å². The molecule has 2 N–H and O–H groups in total. The van der Waals surface area contributed by atoms with Crippen molar-refractivity contribution in [2.75, 3.05) is 0 Å². The number of unbranched alkanes of at least 4 members (excludes halogenated alkanes) is 1. The lowest BCUT2D eigenvalue weighted by molar-refractivity contribution is -0.119. The highest BCUT2D eigenvalue weighted by molar-refractivity contribution is 5.78. The van der Waals surface area contributed by atoms with Crippen LogP contribution in [0.15, 0.2) is 12.7 Å². The number of hydrogen-bond acceptors (Lipinski definition) is 2. The molecule has 12 heavy (non-hydrogen) atoms. The van der Waals surface area contributed by atoms with E-state index in [1.54, 1.807) is 0 Å². The lowest BCUT2D eigenvalue weighted by atomic mass is 10.1. The summed E-state index contributed by atoms with van der Waals surface area (Å²) in [6, 6.07) is 0.147. The van der Waals surface area contributed by atoms with Crippen molar-refractivity contribution < 1.29 is 4.79 Å². The third-order valence-corrected chi connectivity index (χ3v) is 1.74. The second kappa shape index (κ2) is 7.04. The Balaban J connectivity index is 3.27. The molecular formula is C10H19NO. The first-order chi connectivity index (χ1) is 5.66. The van der Waals surface area contributed by atoms with Crippen LogP contribution in [0.4, 0.5) is 0 Å². The van der Waals surface area contributed by atoms with Gasteiger partial charge in [-0.1, -0.05) is 6.08 Å². The lowest BCUT2D eigenvalue weighted by Crippen LogP contribution is -2.16. The second-order valence-corrected chi connectivity index (χ2v) is 3.24. The first-order valence-electron chi connectivity index (χ1n) is 4.55. The summed E-state index contributed by atoms with van der Waals surface area (Å²) in [5, 5.41) is 0. The fraction of sp³-hybridized carbons (Fsp3) is 0.700. The molecule has 2 heteroatoms. The average Bonchev–Trinajstić information content (AvgIpc) is 2.01. The number of ketones is 1. The van der Waals surface area contributed by atoms with Crippen LogP contribution in [0.1, 0.15) is 39.0 Å². The van der Waals surface area contributed by atoms with Crippen LogP contribution >= 0.6 is 0 Å². The molecule has 0 aliphatic carbocycles. The number of carbonyl (C=O) groups is 1. The highest BCUT2D eigenvalue weighted by Gasteiger charge is 2.02. The summed E-state index contributed by atoms with van der Waals surface area (Å²) >= 11 is 0. The van der Waals surface area contributed by atoms with E-state index in [9.17, 15) is 4.79 Å². The predicted octanol–water partition coefficient (Wildman–Crippen LogP) is 2.04. The van der Waals surface area contributed by atoms with Gasteiger partial charge in [0.15, 0.2) is 0 Å². The maximum atomic E-state index is 11.1. The normalized spacial score (nSPS) is 12.5. The maximum Gasteiger partial charge on any atom is 0.132 e. The van der Waals surface area contributed by atoms with Crippen LogP contribution in [0.3, 0.4) is 0 Å². The van der Waals surface area contributed by atoms with E-state index in [0.717, 1.165) is 19.3 Å². The SMILES string of the molecule is C=CCCCC(=O)CCC(C)N. The smallest absolute Gasteiger partial charge is 0.132 e. The van der Waals surface area contributed by atoms with Gasteiger partial charge < -0.3 is 5.73 Å². The Hall–Kier alpha value is -0.630. The Morgan fingerprint density at radius 3 is 2.75 bits per heavy atom. The fourth-order valence-electron chi connectivity index (χ4n) is 0.957. The molecule has 0 bridgehead atoms. The van der Waals surface area contributed by atoms with Crippen molar-refractivity contribution >= 4 is 5.78 Å². The zero-order chi connectivity index (χ0) is 9.40. The molecule has 0 rings (SSSR count). The molecule has 0 fully saturated rings. The molecular weight excluding hydrogens is 150 g/mol. The largest absolute Gasteiger partial charge is 0.328 e. The van der Waals surface area contributed by atoms with Crippen LogP contribution in [0.25, 0.3) is 0 Å². The van der Waals surface area contributed by atoms with Crippen molar-refractivity contribution in [2.24, 2.45) is 5.73 Å². The Morgan fingerprint density at radius 2 is 2.25 bits per heavy atom. The van der Waals surface area contributed by atoms with Gasteiger partial charge in [-0.05, 0) is 26.2 Å². The molecule has 0 saturated heterocycles. The van der Waals surface area contributed by atoms with E-state index in [0.29, 0.717) is 18.6 Å². The van der Waals surface area contributed by atoms with Crippen LogP contribution in [0.5, 0.6) is 0 Å². The Labute approximate surface area is 74.8 Å². The van der Waals surface area contributed by atoms with Gasteiger partial charge in [-0.2, -0.15) is 0 Å². The van der Waals surface area contributed by atoms with E-state index >= 15 is 0 Å². The molecule has 0 heterocycles. The molecule has 1 unspecified atom stereocenters. The summed E-state index contributed by atoms with van der Waals surface area (Å²) in [6.07, 6.45) is 5.84. The van der Waals surface area contributed by atoms with Crippen LogP contribution in [-0.4, -0.2) is 11.8 Å². The Kier molecular flexibility index (Phi) is 6.67. The molecule has 0 aromatic heterocycles. The van der Waals surface area contributed by atoms with Crippen LogP contribution < -0.4 is 5.73 Å². The van der Waals surface area contributed by atoms with Gasteiger partial charge in [-0.3, -0.25) is 4.79 Å². The van der Waals surface area contributed by atoms with Crippen molar-refractivity contribution in [3.05, 3.63) is 12.7 Å². The minimum atomic E-state index is 0.147. The summed E-state index contributed by atoms with van der Waals surface area (Å²) < 4.78 is 0. The van der Waals surface area contributed by atoms with Crippen LogP contribution in [-0.2, 0) is 4.79 Å². The van der Waals surface area contributed by atoms with Gasteiger partial charge >= 0.3 is 0 Å². The quantitative estimate of drug-likeness (QED) is 0.468. The van der Waals surface area contributed by atoms with Crippen LogP contribution in [0, 0.1) is 0 Å². The molecule has 0 saturated carbocycles. The molecule has 2 nitrogen and oxygen atoms in total. The van der Waals surface area contributed by atoms with E-state index in [1.165, 1.54) is 0 Å². The number of rotatable bonds is 7. The third kappa shape index (κ3) is 7.48. The molecule has 0 radical (unpaired) electrons. The minimum absolute atomic E-state index is 0.147. The zero-order valence-corrected chi connectivity index (χ0v) is 7.88. The highest BCUT2D eigenvalue weighted by atomic mass is 16.1. The number of allylic oxidation sites excluding steroid dienone is 1. The average molecular weight is 169 g/mol. The summed E-state index contributed by atoms with van der Waals surface area (Å²) in [6.45, 7) is 5.53. The van der Waals surface area contributed by atoms with Crippen molar-refractivity contribution in [1.29, 1.82) is 0 Å². The number of nitrogens with two attached hydrogens (primary N) is 1. The number of carbonyl (C=O) groups excluding carboxylic acids is 1. The molecule has 0 aromatic rings. The van der Waals surface area contributed by atoms with Gasteiger partial charge in [0.05, 0.1) is 0 Å². The first-order valence-corrected chi connectivity index (χ1v) is 4.55. The van der Waals surface area contributed by atoms with Crippen molar-refractivity contribution in [3.63, 3.8) is 0 Å². The molecule has 0 aromatic carbocycles. The summed E-state index contributed by atoms with van der Waals surface area (Å²) in [5.74, 6) is 0.328. The Bertz CT molecular complexity index is 141. The zero-order valence-electron chi connectivity index (χ0n) is 7.88. The number of hydrogen-bond donors (Lipinski definition) is 1. The molecule has 0 aliphatic heterocycles. The lowest BCUT2D eigenvalue weighted by Gasteiger charge is -2.02. The van der Waals surface area contributed by atoms with Gasteiger partial charge in [0.25, 0.3) is 0 Å². The van der Waals surface area contributed by atoms with Gasteiger partial charge in [0.2, 0.25) is 0 Å². The predicted molar refractivity (Wildman–Crippen MR) is 51.9 cm³/mol. The van der Waals surface area contributed by atoms with Gasteiger partial charge in [-0.25, -0.2) is 0 Å². The third-order valence-electron chi connectivity index (χ3n) is 1.74.